The Labute approximate surface area is 202 Å². The number of benzene rings is 1. The number of nitrogens with zero attached hydrogens (tertiary/aromatic N) is 2. The van der Waals surface area contributed by atoms with Crippen LogP contribution >= 0.6 is 0 Å². The average molecular weight is 445 g/mol. The molecule has 0 amide bonds. The summed E-state index contributed by atoms with van der Waals surface area (Å²) in [6.07, 6.45) is 34.9. The molecular weight excluding hydrogens is 400 g/mol. The van der Waals surface area contributed by atoms with Crippen molar-refractivity contribution in [2.24, 2.45) is 4.99 Å². The van der Waals surface area contributed by atoms with E-state index in [1.54, 1.807) is 0 Å². The summed E-state index contributed by atoms with van der Waals surface area (Å²) in [5.74, 6) is 0. The van der Waals surface area contributed by atoms with E-state index in [1.807, 2.05) is 12.3 Å². The lowest BCUT2D eigenvalue weighted by molar-refractivity contribution is 0.461. The summed E-state index contributed by atoms with van der Waals surface area (Å²) in [6, 6.07) is 8.31. The van der Waals surface area contributed by atoms with Crippen molar-refractivity contribution in [1.29, 1.82) is 0 Å². The average Bonchev–Trinajstić information content (AvgIpc) is 3.27. The standard InChI is InChI=1S/C31H44N2/c1-2-3-4-5-6-7-8-9-10-11-12-13-14-17-24-33-25-22-28(23-26-33)20-21-29-27-32-31-19-16-15-18-30(29)31/h15-16,18-23,25-27H,2-14,17,24H2,1H3/b29-21+. The number of rotatable bonds is 16. The first-order chi connectivity index (χ1) is 16.4. The zero-order valence-corrected chi connectivity index (χ0v) is 20.9. The van der Waals surface area contributed by atoms with Gasteiger partial charge in [0.2, 0.25) is 0 Å². The molecule has 2 heterocycles. The number of hydrogen-bond donors (Lipinski definition) is 0. The highest BCUT2D eigenvalue weighted by Gasteiger charge is 2.09. The Morgan fingerprint density at radius 3 is 1.91 bits per heavy atom. The monoisotopic (exact) mass is 444 g/mol. The van der Waals surface area contributed by atoms with Crippen LogP contribution in [-0.4, -0.2) is 17.7 Å². The highest BCUT2D eigenvalue weighted by atomic mass is 15.1. The Kier molecular flexibility index (Phi) is 11.9. The normalized spacial score (nSPS) is 15.6. The van der Waals surface area contributed by atoms with Crippen LogP contribution in [0.5, 0.6) is 0 Å². The molecule has 0 saturated heterocycles. The van der Waals surface area contributed by atoms with E-state index >= 15 is 0 Å². The second-order valence-electron chi connectivity index (χ2n) is 9.53. The van der Waals surface area contributed by atoms with Gasteiger partial charge < -0.3 is 4.90 Å². The summed E-state index contributed by atoms with van der Waals surface area (Å²) >= 11 is 0. The SMILES string of the molecule is CCCCCCCCCCCCCCCCN1C=CC(=C/C=C2\C=Nc3ccccc32)C=C1. The molecule has 2 aliphatic rings. The lowest BCUT2D eigenvalue weighted by Gasteiger charge is -2.18. The van der Waals surface area contributed by atoms with Crippen LogP contribution in [0.25, 0.3) is 5.57 Å². The maximum absolute atomic E-state index is 4.48. The first-order valence-electron chi connectivity index (χ1n) is 13.5. The van der Waals surface area contributed by atoms with Crippen LogP contribution in [0, 0.1) is 0 Å². The molecule has 2 heteroatoms. The minimum atomic E-state index is 1.07. The Bertz CT molecular complexity index is 824. The molecule has 0 unspecified atom stereocenters. The van der Waals surface area contributed by atoms with Crippen molar-refractivity contribution >= 4 is 17.5 Å². The minimum Gasteiger partial charge on any atom is -0.354 e. The predicted octanol–water partition coefficient (Wildman–Crippen LogP) is 9.54. The van der Waals surface area contributed by atoms with E-state index < -0.39 is 0 Å². The fourth-order valence-electron chi connectivity index (χ4n) is 4.58. The Hall–Kier alpha value is -2.35. The van der Waals surface area contributed by atoms with E-state index in [0.717, 1.165) is 12.2 Å². The number of para-hydroxylation sites is 1. The van der Waals surface area contributed by atoms with Crippen molar-refractivity contribution < 1.29 is 0 Å². The fraction of sp³-hybridized carbons (Fsp3) is 0.516. The molecule has 0 aromatic heterocycles. The minimum absolute atomic E-state index is 1.07. The van der Waals surface area contributed by atoms with E-state index in [1.165, 1.54) is 107 Å². The van der Waals surface area contributed by atoms with E-state index in [0.29, 0.717) is 0 Å². The van der Waals surface area contributed by atoms with Crippen molar-refractivity contribution in [2.45, 2.75) is 96.8 Å². The molecule has 2 aliphatic heterocycles. The molecule has 0 saturated carbocycles. The summed E-state index contributed by atoms with van der Waals surface area (Å²) in [5, 5.41) is 0. The number of unbranched alkanes of at least 4 members (excludes halogenated alkanes) is 13. The van der Waals surface area contributed by atoms with E-state index in [9.17, 15) is 0 Å². The quantitative estimate of drug-likeness (QED) is 0.232. The van der Waals surface area contributed by atoms with E-state index in [4.69, 9.17) is 0 Å². The fourth-order valence-corrected chi connectivity index (χ4v) is 4.58. The molecule has 0 aliphatic carbocycles. The Balaban J connectivity index is 1.19. The predicted molar refractivity (Wildman–Crippen MR) is 146 cm³/mol. The Morgan fingerprint density at radius 2 is 1.27 bits per heavy atom. The van der Waals surface area contributed by atoms with Crippen LogP contribution in [0.1, 0.15) is 102 Å². The molecule has 3 rings (SSSR count). The van der Waals surface area contributed by atoms with Crippen molar-refractivity contribution in [3.63, 3.8) is 0 Å². The smallest absolute Gasteiger partial charge is 0.0708 e. The van der Waals surface area contributed by atoms with Gasteiger partial charge in [0.25, 0.3) is 0 Å². The molecule has 0 radical (unpaired) electrons. The maximum atomic E-state index is 4.48. The third-order valence-corrected chi connectivity index (χ3v) is 6.70. The van der Waals surface area contributed by atoms with Gasteiger partial charge in [0.15, 0.2) is 0 Å². The topological polar surface area (TPSA) is 15.6 Å². The van der Waals surface area contributed by atoms with Gasteiger partial charge in [-0.3, -0.25) is 4.99 Å². The summed E-state index contributed by atoms with van der Waals surface area (Å²) in [6.45, 7) is 3.42. The number of aliphatic imine (C=N–C) groups is 1. The highest BCUT2D eigenvalue weighted by molar-refractivity contribution is 6.16. The second-order valence-corrected chi connectivity index (χ2v) is 9.53. The summed E-state index contributed by atoms with van der Waals surface area (Å²) < 4.78 is 0. The van der Waals surface area contributed by atoms with Gasteiger partial charge in [-0.2, -0.15) is 0 Å². The molecule has 33 heavy (non-hydrogen) atoms. The first kappa shape index (κ1) is 25.3. The molecule has 0 fully saturated rings. The third kappa shape index (κ3) is 9.58. The maximum Gasteiger partial charge on any atom is 0.0708 e. The van der Waals surface area contributed by atoms with Gasteiger partial charge >= 0.3 is 0 Å². The van der Waals surface area contributed by atoms with Crippen molar-refractivity contribution in [3.8, 4) is 0 Å². The molecular formula is C31H44N2. The molecule has 0 bridgehead atoms. The number of hydrogen-bond acceptors (Lipinski definition) is 2. The van der Waals surface area contributed by atoms with Gasteiger partial charge in [-0.25, -0.2) is 0 Å². The van der Waals surface area contributed by atoms with Crippen LogP contribution in [-0.2, 0) is 0 Å². The first-order valence-corrected chi connectivity index (χ1v) is 13.5. The van der Waals surface area contributed by atoms with E-state index in [2.05, 4.69) is 71.7 Å². The van der Waals surface area contributed by atoms with Crippen LogP contribution in [0.4, 0.5) is 5.69 Å². The molecule has 178 valence electrons. The molecule has 1 aromatic rings. The number of fused-ring (bicyclic) bond motifs is 1. The third-order valence-electron chi connectivity index (χ3n) is 6.70. The zero-order chi connectivity index (χ0) is 23.0. The van der Waals surface area contributed by atoms with Crippen LogP contribution < -0.4 is 0 Å². The van der Waals surface area contributed by atoms with Gasteiger partial charge in [-0.1, -0.05) is 121 Å². The van der Waals surface area contributed by atoms with Gasteiger partial charge in [0.05, 0.1) is 5.69 Å². The van der Waals surface area contributed by atoms with Crippen molar-refractivity contribution in [1.82, 2.24) is 4.90 Å². The van der Waals surface area contributed by atoms with Crippen molar-refractivity contribution in [2.75, 3.05) is 6.54 Å². The highest BCUT2D eigenvalue weighted by Crippen LogP contribution is 2.31. The van der Waals surface area contributed by atoms with Gasteiger partial charge in [0, 0.05) is 36.3 Å². The van der Waals surface area contributed by atoms with Crippen LogP contribution in [0.3, 0.4) is 0 Å². The summed E-state index contributed by atoms with van der Waals surface area (Å²) in [5.41, 5.74) is 4.70. The van der Waals surface area contributed by atoms with Gasteiger partial charge in [-0.15, -0.1) is 0 Å². The lowest BCUT2D eigenvalue weighted by Crippen LogP contribution is -2.13. The van der Waals surface area contributed by atoms with Crippen LogP contribution in [0.15, 0.2) is 71.5 Å². The molecule has 2 nitrogen and oxygen atoms in total. The Morgan fingerprint density at radius 1 is 0.697 bits per heavy atom. The molecule has 0 atom stereocenters. The van der Waals surface area contributed by atoms with Gasteiger partial charge in [-0.05, 0) is 30.2 Å². The van der Waals surface area contributed by atoms with Crippen LogP contribution in [0.2, 0.25) is 0 Å². The second kappa shape index (κ2) is 15.5. The lowest BCUT2D eigenvalue weighted by atomic mass is 10.0. The molecule has 0 N–H and O–H groups in total. The van der Waals surface area contributed by atoms with E-state index in [-0.39, 0.29) is 0 Å². The molecule has 0 spiro atoms. The van der Waals surface area contributed by atoms with Gasteiger partial charge in [0.1, 0.15) is 0 Å². The molecule has 1 aromatic carbocycles. The summed E-state index contributed by atoms with van der Waals surface area (Å²) in [4.78, 5) is 6.79. The zero-order valence-electron chi connectivity index (χ0n) is 20.9. The summed E-state index contributed by atoms with van der Waals surface area (Å²) in [7, 11) is 0. The number of allylic oxidation sites excluding steroid dienone is 6. The van der Waals surface area contributed by atoms with Crippen molar-refractivity contribution in [3.05, 3.63) is 72.1 Å². The largest absolute Gasteiger partial charge is 0.354 e.